The number of unbranched alkanes of at least 4 members (excludes halogenated alkanes) is 1. The molecule has 1 fully saturated rings. The molecule has 3 rings (SSSR count). The van der Waals surface area contributed by atoms with Crippen LogP contribution in [0.5, 0.6) is 0 Å². The highest BCUT2D eigenvalue weighted by molar-refractivity contribution is 7.89. The quantitative estimate of drug-likeness (QED) is 0.639. The first-order valence-electron chi connectivity index (χ1n) is 9.70. The summed E-state index contributed by atoms with van der Waals surface area (Å²) >= 11 is 0. The molecule has 2 aromatic carbocycles. The van der Waals surface area contributed by atoms with Gasteiger partial charge in [-0.1, -0.05) is 25.5 Å². The van der Waals surface area contributed by atoms with Gasteiger partial charge >= 0.3 is 0 Å². The molecule has 1 aliphatic rings. The fourth-order valence-corrected chi connectivity index (χ4v) is 6.24. The normalized spacial score (nSPS) is 16.6. The van der Waals surface area contributed by atoms with Crippen molar-refractivity contribution in [3.63, 3.8) is 0 Å². The summed E-state index contributed by atoms with van der Waals surface area (Å²) in [7, 11) is -8.04. The number of benzene rings is 2. The molecule has 0 radical (unpaired) electrons. The Morgan fingerprint density at radius 1 is 0.833 bits per heavy atom. The van der Waals surface area contributed by atoms with Gasteiger partial charge < -0.3 is 0 Å². The Bertz CT molecular complexity index is 1100. The average molecular weight is 459 g/mol. The van der Waals surface area contributed by atoms with Crippen LogP contribution < -0.4 is 0 Å². The molecule has 2 aromatic rings. The number of nitrogens with zero attached hydrogens (tertiary/aromatic N) is 2. The maximum Gasteiger partial charge on any atom is 0.246 e. The SMILES string of the molecule is CCCCc1ccc(S(=O)(=O)N2CCN(S(=O)(=O)c3cc(F)ccc3F)CC2)cc1. The average Bonchev–Trinajstić information content (AvgIpc) is 2.74. The molecule has 6 nitrogen and oxygen atoms in total. The molecule has 0 unspecified atom stereocenters. The van der Waals surface area contributed by atoms with Gasteiger partial charge in [0, 0.05) is 26.2 Å². The fourth-order valence-electron chi connectivity index (χ4n) is 3.32. The van der Waals surface area contributed by atoms with Crippen LogP contribution in [0.2, 0.25) is 0 Å². The zero-order valence-corrected chi connectivity index (χ0v) is 18.2. The van der Waals surface area contributed by atoms with Crippen LogP contribution >= 0.6 is 0 Å². The van der Waals surface area contributed by atoms with Crippen molar-refractivity contribution in [3.8, 4) is 0 Å². The molecule has 0 atom stereocenters. The zero-order chi connectivity index (χ0) is 21.9. The van der Waals surface area contributed by atoms with Gasteiger partial charge in [0.1, 0.15) is 16.5 Å². The van der Waals surface area contributed by atoms with Crippen molar-refractivity contribution in [1.82, 2.24) is 8.61 Å². The van der Waals surface area contributed by atoms with Crippen LogP contribution in [0.15, 0.2) is 52.3 Å². The van der Waals surface area contributed by atoms with Gasteiger partial charge in [-0.2, -0.15) is 8.61 Å². The molecule has 0 spiro atoms. The Hall–Kier alpha value is -1.88. The Morgan fingerprint density at radius 2 is 1.40 bits per heavy atom. The summed E-state index contributed by atoms with van der Waals surface area (Å²) in [6.07, 6.45) is 2.95. The van der Waals surface area contributed by atoms with E-state index in [4.69, 9.17) is 0 Å². The zero-order valence-electron chi connectivity index (χ0n) is 16.6. The van der Waals surface area contributed by atoms with Crippen LogP contribution in [0.25, 0.3) is 0 Å². The maximum absolute atomic E-state index is 13.9. The third-order valence-electron chi connectivity index (χ3n) is 5.09. The van der Waals surface area contributed by atoms with Gasteiger partial charge in [-0.05, 0) is 48.7 Å². The number of hydrogen-bond donors (Lipinski definition) is 0. The summed E-state index contributed by atoms with van der Waals surface area (Å²) in [5.74, 6) is -1.91. The van der Waals surface area contributed by atoms with E-state index in [1.165, 1.54) is 4.31 Å². The number of sulfonamides is 2. The van der Waals surface area contributed by atoms with E-state index in [-0.39, 0.29) is 31.1 Å². The molecule has 164 valence electrons. The first-order chi connectivity index (χ1) is 14.2. The molecule has 0 aromatic heterocycles. The van der Waals surface area contributed by atoms with Crippen molar-refractivity contribution >= 4 is 20.0 Å². The second-order valence-electron chi connectivity index (χ2n) is 7.13. The van der Waals surface area contributed by atoms with Crippen molar-refractivity contribution in [2.24, 2.45) is 0 Å². The van der Waals surface area contributed by atoms with Crippen molar-refractivity contribution in [2.75, 3.05) is 26.2 Å². The third-order valence-corrected chi connectivity index (χ3v) is 8.92. The fraction of sp³-hybridized carbons (Fsp3) is 0.400. The molecule has 0 bridgehead atoms. The number of rotatable bonds is 7. The molecule has 1 heterocycles. The first-order valence-corrected chi connectivity index (χ1v) is 12.6. The lowest BCUT2D eigenvalue weighted by Crippen LogP contribution is -2.50. The minimum Gasteiger partial charge on any atom is -0.207 e. The van der Waals surface area contributed by atoms with E-state index in [1.54, 1.807) is 24.3 Å². The third kappa shape index (κ3) is 4.72. The lowest BCUT2D eigenvalue weighted by Gasteiger charge is -2.33. The Morgan fingerprint density at radius 3 is 1.97 bits per heavy atom. The van der Waals surface area contributed by atoms with E-state index >= 15 is 0 Å². The summed E-state index contributed by atoms with van der Waals surface area (Å²) in [5, 5.41) is 0. The molecule has 0 aliphatic carbocycles. The van der Waals surface area contributed by atoms with Crippen LogP contribution in [0.3, 0.4) is 0 Å². The van der Waals surface area contributed by atoms with Crippen molar-refractivity contribution in [2.45, 2.75) is 36.0 Å². The topological polar surface area (TPSA) is 74.8 Å². The molecule has 0 amide bonds. The van der Waals surface area contributed by atoms with Gasteiger partial charge in [0.25, 0.3) is 0 Å². The number of hydrogen-bond acceptors (Lipinski definition) is 4. The Labute approximate surface area is 176 Å². The van der Waals surface area contributed by atoms with Crippen LogP contribution in [-0.4, -0.2) is 51.6 Å². The predicted octanol–water partition coefficient (Wildman–Crippen LogP) is 3.00. The second kappa shape index (κ2) is 9.09. The van der Waals surface area contributed by atoms with E-state index in [9.17, 15) is 25.6 Å². The molecule has 1 saturated heterocycles. The minimum atomic E-state index is -4.27. The van der Waals surface area contributed by atoms with Crippen molar-refractivity contribution in [3.05, 3.63) is 59.7 Å². The van der Waals surface area contributed by atoms with E-state index in [0.717, 1.165) is 41.3 Å². The van der Waals surface area contributed by atoms with Gasteiger partial charge in [0.15, 0.2) is 0 Å². The lowest BCUT2D eigenvalue weighted by molar-refractivity contribution is 0.272. The van der Waals surface area contributed by atoms with E-state index in [0.29, 0.717) is 6.07 Å². The number of halogens is 2. The van der Waals surface area contributed by atoms with Gasteiger partial charge in [0.2, 0.25) is 20.0 Å². The summed E-state index contributed by atoms with van der Waals surface area (Å²) in [4.78, 5) is -0.600. The lowest BCUT2D eigenvalue weighted by atomic mass is 10.1. The molecule has 30 heavy (non-hydrogen) atoms. The van der Waals surface area contributed by atoms with Crippen molar-refractivity contribution < 1.29 is 25.6 Å². The first kappa shape index (κ1) is 22.8. The molecule has 10 heteroatoms. The van der Waals surface area contributed by atoms with Gasteiger partial charge in [-0.15, -0.1) is 0 Å². The van der Waals surface area contributed by atoms with Crippen LogP contribution in [0.1, 0.15) is 25.3 Å². The van der Waals surface area contributed by atoms with Crippen LogP contribution in [-0.2, 0) is 26.5 Å². The standard InChI is InChI=1S/C20H24F2N2O4S2/c1-2-3-4-16-5-8-18(9-6-16)29(25,26)23-11-13-24(14-12-23)30(27,28)20-15-17(21)7-10-19(20)22/h5-10,15H,2-4,11-14H2,1H3. The monoisotopic (exact) mass is 458 g/mol. The predicted molar refractivity (Wildman–Crippen MR) is 109 cm³/mol. The Balaban J connectivity index is 1.72. The smallest absolute Gasteiger partial charge is 0.207 e. The van der Waals surface area contributed by atoms with Gasteiger partial charge in [-0.3, -0.25) is 0 Å². The summed E-state index contributed by atoms with van der Waals surface area (Å²) in [6.45, 7) is 1.64. The highest BCUT2D eigenvalue weighted by atomic mass is 32.2. The molecule has 0 N–H and O–H groups in total. The number of aryl methyl sites for hydroxylation is 1. The summed E-state index contributed by atoms with van der Waals surface area (Å²) < 4.78 is 80.6. The van der Waals surface area contributed by atoms with Gasteiger partial charge in [-0.25, -0.2) is 25.6 Å². The minimum absolute atomic E-state index is 0.0733. The Kier molecular flexibility index (Phi) is 6.91. The molecular formula is C20H24F2N2O4S2. The summed E-state index contributed by atoms with van der Waals surface area (Å²) in [5.41, 5.74) is 1.06. The summed E-state index contributed by atoms with van der Waals surface area (Å²) in [6, 6.07) is 8.93. The molecule has 0 saturated carbocycles. The van der Waals surface area contributed by atoms with Crippen LogP contribution in [0.4, 0.5) is 8.78 Å². The van der Waals surface area contributed by atoms with E-state index in [2.05, 4.69) is 6.92 Å². The maximum atomic E-state index is 13.9. The molecule has 1 aliphatic heterocycles. The largest absolute Gasteiger partial charge is 0.246 e. The second-order valence-corrected chi connectivity index (χ2v) is 11.0. The molecular weight excluding hydrogens is 434 g/mol. The van der Waals surface area contributed by atoms with Crippen LogP contribution in [0, 0.1) is 11.6 Å². The highest BCUT2D eigenvalue weighted by Gasteiger charge is 2.35. The number of piperazine rings is 1. The van der Waals surface area contributed by atoms with Crippen molar-refractivity contribution in [1.29, 1.82) is 0 Å². The van der Waals surface area contributed by atoms with E-state index in [1.807, 2.05) is 0 Å². The van der Waals surface area contributed by atoms with E-state index < -0.39 is 36.6 Å². The van der Waals surface area contributed by atoms with Gasteiger partial charge in [0.05, 0.1) is 4.90 Å². The highest BCUT2D eigenvalue weighted by Crippen LogP contribution is 2.24.